The quantitative estimate of drug-likeness (QED) is 0.886. The fraction of sp³-hybridized carbons (Fsp3) is 0.235. The van der Waals surface area contributed by atoms with Crippen LogP contribution < -0.4 is 10.1 Å². The Kier molecular flexibility index (Phi) is 5.32. The molecule has 0 saturated heterocycles. The number of carbonyl (C=O) groups is 1. The van der Waals surface area contributed by atoms with Crippen LogP contribution in [0.1, 0.15) is 17.5 Å². The maximum absolute atomic E-state index is 13.0. The molecule has 1 amide bonds. The molecule has 4 heteroatoms. The molecule has 0 fully saturated rings. The van der Waals surface area contributed by atoms with E-state index in [1.54, 1.807) is 13.2 Å². The molecule has 0 heterocycles. The van der Waals surface area contributed by atoms with Gasteiger partial charge in [0.2, 0.25) is 5.91 Å². The van der Waals surface area contributed by atoms with E-state index in [0.29, 0.717) is 19.4 Å². The average Bonchev–Trinajstić information content (AvgIpc) is 2.51. The molecule has 0 aliphatic carbocycles. The molecule has 2 aromatic carbocycles. The summed E-state index contributed by atoms with van der Waals surface area (Å²) in [6, 6.07) is 13.9. The lowest BCUT2D eigenvalue weighted by molar-refractivity contribution is -0.121. The van der Waals surface area contributed by atoms with Gasteiger partial charge in [0.15, 0.2) is 0 Å². The van der Waals surface area contributed by atoms with Crippen LogP contribution in [0.4, 0.5) is 4.39 Å². The van der Waals surface area contributed by atoms with Gasteiger partial charge >= 0.3 is 0 Å². The molecule has 2 rings (SSSR count). The van der Waals surface area contributed by atoms with Gasteiger partial charge in [0.25, 0.3) is 0 Å². The molecule has 3 nitrogen and oxygen atoms in total. The molecule has 0 radical (unpaired) electrons. The largest absolute Gasteiger partial charge is 0.496 e. The van der Waals surface area contributed by atoms with Crippen LogP contribution in [0.2, 0.25) is 0 Å². The van der Waals surface area contributed by atoms with Crippen molar-refractivity contribution in [3.63, 3.8) is 0 Å². The Labute approximate surface area is 123 Å². The molecule has 0 saturated carbocycles. The maximum Gasteiger partial charge on any atom is 0.220 e. The summed E-state index contributed by atoms with van der Waals surface area (Å²) < 4.78 is 18.3. The normalized spacial score (nSPS) is 10.2. The SMILES string of the molecule is COc1ccccc1CNC(=O)CCc1cccc(F)c1. The van der Waals surface area contributed by atoms with Crippen LogP contribution in [0, 0.1) is 5.82 Å². The van der Waals surface area contributed by atoms with Gasteiger partial charge in [-0.05, 0) is 30.2 Å². The Balaban J connectivity index is 1.82. The van der Waals surface area contributed by atoms with E-state index in [-0.39, 0.29) is 11.7 Å². The highest BCUT2D eigenvalue weighted by Gasteiger charge is 2.05. The minimum absolute atomic E-state index is 0.0647. The van der Waals surface area contributed by atoms with Gasteiger partial charge in [-0.25, -0.2) is 4.39 Å². The van der Waals surface area contributed by atoms with Crippen molar-refractivity contribution in [1.29, 1.82) is 0 Å². The summed E-state index contributed by atoms with van der Waals surface area (Å²) >= 11 is 0. The molecule has 0 aliphatic heterocycles. The number of carbonyl (C=O) groups excluding carboxylic acids is 1. The van der Waals surface area contributed by atoms with Crippen LogP contribution in [-0.4, -0.2) is 13.0 Å². The zero-order valence-electron chi connectivity index (χ0n) is 11.9. The van der Waals surface area contributed by atoms with Crippen LogP contribution in [0.15, 0.2) is 48.5 Å². The first kappa shape index (κ1) is 15.0. The van der Waals surface area contributed by atoms with Crippen molar-refractivity contribution >= 4 is 5.91 Å². The first-order valence-corrected chi connectivity index (χ1v) is 6.82. The second kappa shape index (κ2) is 7.43. The number of rotatable bonds is 6. The van der Waals surface area contributed by atoms with Crippen LogP contribution in [0.5, 0.6) is 5.75 Å². The number of para-hydroxylation sites is 1. The Morgan fingerprint density at radius 1 is 1.19 bits per heavy atom. The molecule has 2 aromatic rings. The summed E-state index contributed by atoms with van der Waals surface area (Å²) in [5.74, 6) is 0.412. The molecule has 0 aliphatic rings. The molecule has 0 bridgehead atoms. The predicted molar refractivity (Wildman–Crippen MR) is 79.6 cm³/mol. The van der Waals surface area contributed by atoms with E-state index in [1.165, 1.54) is 12.1 Å². The molecular weight excluding hydrogens is 269 g/mol. The monoisotopic (exact) mass is 287 g/mol. The molecule has 0 aromatic heterocycles. The van der Waals surface area contributed by atoms with Gasteiger partial charge in [-0.2, -0.15) is 0 Å². The van der Waals surface area contributed by atoms with Gasteiger partial charge in [-0.15, -0.1) is 0 Å². The van der Waals surface area contributed by atoms with Crippen molar-refractivity contribution in [2.45, 2.75) is 19.4 Å². The third kappa shape index (κ3) is 4.60. The summed E-state index contributed by atoms with van der Waals surface area (Å²) in [6.45, 7) is 0.423. The van der Waals surface area contributed by atoms with Crippen LogP contribution >= 0.6 is 0 Å². The Hall–Kier alpha value is -2.36. The molecule has 0 spiro atoms. The summed E-state index contributed by atoms with van der Waals surface area (Å²) in [4.78, 5) is 11.8. The average molecular weight is 287 g/mol. The molecule has 0 unspecified atom stereocenters. The van der Waals surface area contributed by atoms with E-state index >= 15 is 0 Å². The van der Waals surface area contributed by atoms with Crippen molar-refractivity contribution in [3.05, 3.63) is 65.5 Å². The maximum atomic E-state index is 13.0. The van der Waals surface area contributed by atoms with Gasteiger partial charge in [-0.3, -0.25) is 4.79 Å². The zero-order chi connectivity index (χ0) is 15.1. The first-order chi connectivity index (χ1) is 10.2. The van der Waals surface area contributed by atoms with E-state index in [9.17, 15) is 9.18 Å². The van der Waals surface area contributed by atoms with Gasteiger partial charge in [0, 0.05) is 18.5 Å². The van der Waals surface area contributed by atoms with Crippen molar-refractivity contribution in [1.82, 2.24) is 5.32 Å². The van der Waals surface area contributed by atoms with Crippen LogP contribution in [0.25, 0.3) is 0 Å². The smallest absolute Gasteiger partial charge is 0.220 e. The molecular formula is C17H18FNO2. The van der Waals surface area contributed by atoms with E-state index in [1.807, 2.05) is 30.3 Å². The van der Waals surface area contributed by atoms with Crippen molar-refractivity contribution in [2.75, 3.05) is 7.11 Å². The van der Waals surface area contributed by atoms with E-state index in [4.69, 9.17) is 4.74 Å². The molecule has 1 N–H and O–H groups in total. The predicted octanol–water partition coefficient (Wildman–Crippen LogP) is 3.08. The van der Waals surface area contributed by atoms with Crippen molar-refractivity contribution in [3.8, 4) is 5.75 Å². The minimum Gasteiger partial charge on any atom is -0.496 e. The van der Waals surface area contributed by atoms with Gasteiger partial charge < -0.3 is 10.1 Å². The lowest BCUT2D eigenvalue weighted by atomic mass is 10.1. The number of methoxy groups -OCH3 is 1. The summed E-state index contributed by atoms with van der Waals surface area (Å²) in [6.07, 6.45) is 0.855. The van der Waals surface area contributed by atoms with Gasteiger partial charge in [-0.1, -0.05) is 30.3 Å². The highest BCUT2D eigenvalue weighted by molar-refractivity contribution is 5.76. The van der Waals surface area contributed by atoms with E-state index in [2.05, 4.69) is 5.32 Å². The first-order valence-electron chi connectivity index (χ1n) is 6.82. The molecule has 110 valence electrons. The van der Waals surface area contributed by atoms with Gasteiger partial charge in [0.1, 0.15) is 11.6 Å². The van der Waals surface area contributed by atoms with Crippen molar-refractivity contribution < 1.29 is 13.9 Å². The Morgan fingerprint density at radius 2 is 2.00 bits per heavy atom. The zero-order valence-corrected chi connectivity index (χ0v) is 11.9. The Bertz CT molecular complexity index is 613. The van der Waals surface area contributed by atoms with Crippen LogP contribution in [0.3, 0.4) is 0 Å². The van der Waals surface area contributed by atoms with E-state index in [0.717, 1.165) is 16.9 Å². The van der Waals surface area contributed by atoms with E-state index < -0.39 is 0 Å². The number of ether oxygens (including phenoxy) is 1. The fourth-order valence-corrected chi connectivity index (χ4v) is 2.08. The summed E-state index contributed by atoms with van der Waals surface area (Å²) in [5.41, 5.74) is 1.75. The molecule has 0 atom stereocenters. The van der Waals surface area contributed by atoms with Crippen LogP contribution in [-0.2, 0) is 17.8 Å². The number of amides is 1. The summed E-state index contributed by atoms with van der Waals surface area (Å²) in [5, 5.41) is 2.85. The van der Waals surface area contributed by atoms with Crippen molar-refractivity contribution in [2.24, 2.45) is 0 Å². The fourth-order valence-electron chi connectivity index (χ4n) is 2.08. The summed E-state index contributed by atoms with van der Waals surface area (Å²) in [7, 11) is 1.60. The number of hydrogen-bond acceptors (Lipinski definition) is 2. The number of benzene rings is 2. The topological polar surface area (TPSA) is 38.3 Å². The highest BCUT2D eigenvalue weighted by Crippen LogP contribution is 2.16. The number of aryl methyl sites for hydroxylation is 1. The second-order valence-electron chi connectivity index (χ2n) is 4.72. The Morgan fingerprint density at radius 3 is 2.76 bits per heavy atom. The number of hydrogen-bond donors (Lipinski definition) is 1. The lowest BCUT2D eigenvalue weighted by Gasteiger charge is -2.09. The third-order valence-electron chi connectivity index (χ3n) is 3.20. The van der Waals surface area contributed by atoms with Gasteiger partial charge in [0.05, 0.1) is 7.11 Å². The standard InChI is InChI=1S/C17H18FNO2/c1-21-16-8-3-2-6-14(16)12-19-17(20)10-9-13-5-4-7-15(18)11-13/h2-8,11H,9-10,12H2,1H3,(H,19,20). The second-order valence-corrected chi connectivity index (χ2v) is 4.72. The third-order valence-corrected chi connectivity index (χ3v) is 3.20. The minimum atomic E-state index is -0.276. The number of nitrogens with one attached hydrogen (secondary N) is 1. The lowest BCUT2D eigenvalue weighted by Crippen LogP contribution is -2.23. The molecule has 21 heavy (non-hydrogen) atoms. The highest BCUT2D eigenvalue weighted by atomic mass is 19.1. The number of halogens is 1.